The second-order valence-electron chi connectivity index (χ2n) is 4.37. The Labute approximate surface area is 126 Å². The molecule has 20 heavy (non-hydrogen) atoms. The van der Waals surface area contributed by atoms with Gasteiger partial charge in [-0.25, -0.2) is 0 Å². The molecule has 0 aliphatic heterocycles. The summed E-state index contributed by atoms with van der Waals surface area (Å²) in [7, 11) is 1.62. The van der Waals surface area contributed by atoms with Gasteiger partial charge in [0.25, 0.3) is 0 Å². The Balaban J connectivity index is 2.17. The van der Waals surface area contributed by atoms with E-state index >= 15 is 0 Å². The number of hydrogen-bond acceptors (Lipinski definition) is 3. The molecule has 2 aromatic rings. The summed E-state index contributed by atoms with van der Waals surface area (Å²) in [4.78, 5) is 11.0. The first kappa shape index (κ1) is 14.6. The lowest BCUT2D eigenvalue weighted by Crippen LogP contribution is -2.00. The minimum absolute atomic E-state index is 0.397. The van der Waals surface area contributed by atoms with E-state index in [4.69, 9.17) is 9.47 Å². The predicted octanol–water partition coefficient (Wildman–Crippen LogP) is 4.16. The zero-order valence-electron chi connectivity index (χ0n) is 11.4. The maximum atomic E-state index is 11.0. The van der Waals surface area contributed by atoms with Crippen LogP contribution in [-0.4, -0.2) is 13.4 Å². The Morgan fingerprint density at radius 3 is 2.70 bits per heavy atom. The standard InChI is InChI=1S/C16H15BrO3/c1-11-4-3-5-13(9-18)16(11)20-10-12-6-7-15(19-2)14(17)8-12/h3-9H,10H2,1-2H3. The van der Waals surface area contributed by atoms with Gasteiger partial charge in [0, 0.05) is 0 Å². The van der Waals surface area contributed by atoms with Gasteiger partial charge < -0.3 is 9.47 Å². The molecule has 0 saturated carbocycles. The average Bonchev–Trinajstić information content (AvgIpc) is 2.46. The molecule has 0 heterocycles. The molecule has 2 aromatic carbocycles. The molecule has 0 atom stereocenters. The summed E-state index contributed by atoms with van der Waals surface area (Å²) < 4.78 is 11.8. The van der Waals surface area contributed by atoms with Crippen LogP contribution in [0, 0.1) is 6.92 Å². The van der Waals surface area contributed by atoms with Crippen LogP contribution in [0.25, 0.3) is 0 Å². The van der Waals surface area contributed by atoms with Gasteiger partial charge in [0.05, 0.1) is 17.1 Å². The molecule has 2 rings (SSSR count). The molecule has 0 aromatic heterocycles. The monoisotopic (exact) mass is 334 g/mol. The third-order valence-corrected chi connectivity index (χ3v) is 3.59. The smallest absolute Gasteiger partial charge is 0.153 e. The third-order valence-electron chi connectivity index (χ3n) is 2.97. The summed E-state index contributed by atoms with van der Waals surface area (Å²) in [5.41, 5.74) is 2.51. The second kappa shape index (κ2) is 6.57. The molecule has 0 unspecified atom stereocenters. The zero-order chi connectivity index (χ0) is 14.5. The van der Waals surface area contributed by atoms with Gasteiger partial charge in [0.15, 0.2) is 6.29 Å². The van der Waals surface area contributed by atoms with Crippen LogP contribution in [-0.2, 0) is 6.61 Å². The highest BCUT2D eigenvalue weighted by molar-refractivity contribution is 9.10. The third kappa shape index (κ3) is 3.20. The SMILES string of the molecule is COc1ccc(COc2c(C)cccc2C=O)cc1Br. The molecular formula is C16H15BrO3. The van der Waals surface area contributed by atoms with E-state index in [9.17, 15) is 4.79 Å². The van der Waals surface area contributed by atoms with E-state index in [0.29, 0.717) is 17.9 Å². The Bertz CT molecular complexity index is 623. The topological polar surface area (TPSA) is 35.5 Å². The molecular weight excluding hydrogens is 320 g/mol. The van der Waals surface area contributed by atoms with E-state index in [1.54, 1.807) is 13.2 Å². The number of aryl methyl sites for hydroxylation is 1. The molecule has 0 amide bonds. The Morgan fingerprint density at radius 1 is 1.25 bits per heavy atom. The number of benzene rings is 2. The molecule has 0 bridgehead atoms. The van der Waals surface area contributed by atoms with Gasteiger partial charge in [-0.2, -0.15) is 0 Å². The zero-order valence-corrected chi connectivity index (χ0v) is 12.9. The number of carbonyl (C=O) groups excluding carboxylic acids is 1. The summed E-state index contributed by atoms with van der Waals surface area (Å²) in [6, 6.07) is 11.3. The average molecular weight is 335 g/mol. The van der Waals surface area contributed by atoms with Crippen molar-refractivity contribution in [2.45, 2.75) is 13.5 Å². The second-order valence-corrected chi connectivity index (χ2v) is 5.22. The van der Waals surface area contributed by atoms with Gasteiger partial charge in [-0.05, 0) is 52.2 Å². The lowest BCUT2D eigenvalue weighted by atomic mass is 10.1. The maximum absolute atomic E-state index is 11.0. The highest BCUT2D eigenvalue weighted by atomic mass is 79.9. The van der Waals surface area contributed by atoms with Crippen LogP contribution in [0.4, 0.5) is 0 Å². The first-order valence-electron chi connectivity index (χ1n) is 6.15. The van der Waals surface area contributed by atoms with E-state index in [-0.39, 0.29) is 0 Å². The molecule has 0 spiro atoms. The van der Waals surface area contributed by atoms with Crippen LogP contribution in [0.1, 0.15) is 21.5 Å². The van der Waals surface area contributed by atoms with Gasteiger partial charge in [-0.15, -0.1) is 0 Å². The Hall–Kier alpha value is -1.81. The number of halogens is 1. The fourth-order valence-electron chi connectivity index (χ4n) is 1.92. The fourth-order valence-corrected chi connectivity index (χ4v) is 2.51. The molecule has 0 aliphatic rings. The summed E-state index contributed by atoms with van der Waals surface area (Å²) in [5, 5.41) is 0. The summed E-state index contributed by atoms with van der Waals surface area (Å²) in [6.45, 7) is 2.32. The van der Waals surface area contributed by atoms with E-state index in [2.05, 4.69) is 15.9 Å². The number of ether oxygens (including phenoxy) is 2. The van der Waals surface area contributed by atoms with Crippen LogP contribution in [0.2, 0.25) is 0 Å². The van der Waals surface area contributed by atoms with Gasteiger partial charge in [-0.3, -0.25) is 4.79 Å². The van der Waals surface area contributed by atoms with Crippen molar-refractivity contribution in [2.75, 3.05) is 7.11 Å². The maximum Gasteiger partial charge on any atom is 0.153 e. The minimum Gasteiger partial charge on any atom is -0.496 e. The van der Waals surface area contributed by atoms with Gasteiger partial charge in [0.2, 0.25) is 0 Å². The molecule has 0 fully saturated rings. The lowest BCUT2D eigenvalue weighted by molar-refractivity contribution is 0.111. The summed E-state index contributed by atoms with van der Waals surface area (Å²) in [5.74, 6) is 1.41. The largest absolute Gasteiger partial charge is 0.496 e. The summed E-state index contributed by atoms with van der Waals surface area (Å²) >= 11 is 3.44. The highest BCUT2D eigenvalue weighted by Crippen LogP contribution is 2.27. The lowest BCUT2D eigenvalue weighted by Gasteiger charge is -2.12. The first-order valence-corrected chi connectivity index (χ1v) is 6.95. The van der Waals surface area contributed by atoms with Gasteiger partial charge in [-0.1, -0.05) is 18.2 Å². The van der Waals surface area contributed by atoms with Crippen molar-refractivity contribution in [1.82, 2.24) is 0 Å². The van der Waals surface area contributed by atoms with Crippen LogP contribution in [0.15, 0.2) is 40.9 Å². The van der Waals surface area contributed by atoms with Gasteiger partial charge >= 0.3 is 0 Å². The van der Waals surface area contributed by atoms with Crippen LogP contribution in [0.3, 0.4) is 0 Å². The number of carbonyl (C=O) groups is 1. The molecule has 104 valence electrons. The van der Waals surface area contributed by atoms with Crippen molar-refractivity contribution in [1.29, 1.82) is 0 Å². The van der Waals surface area contributed by atoms with Crippen LogP contribution >= 0.6 is 15.9 Å². The van der Waals surface area contributed by atoms with E-state index in [1.165, 1.54) is 0 Å². The van der Waals surface area contributed by atoms with Crippen LogP contribution in [0.5, 0.6) is 11.5 Å². The van der Waals surface area contributed by atoms with Gasteiger partial charge in [0.1, 0.15) is 18.1 Å². The van der Waals surface area contributed by atoms with Crippen LogP contribution < -0.4 is 9.47 Å². The minimum atomic E-state index is 0.397. The van der Waals surface area contributed by atoms with Crippen molar-refractivity contribution in [3.8, 4) is 11.5 Å². The number of rotatable bonds is 5. The van der Waals surface area contributed by atoms with Crippen molar-refractivity contribution in [3.05, 3.63) is 57.6 Å². The number of para-hydroxylation sites is 1. The molecule has 0 radical (unpaired) electrons. The van der Waals surface area contributed by atoms with E-state index in [0.717, 1.165) is 27.6 Å². The van der Waals surface area contributed by atoms with Crippen molar-refractivity contribution in [2.24, 2.45) is 0 Å². The highest BCUT2D eigenvalue weighted by Gasteiger charge is 2.07. The van der Waals surface area contributed by atoms with E-state index in [1.807, 2.05) is 37.3 Å². The first-order chi connectivity index (χ1) is 9.65. The molecule has 4 heteroatoms. The quantitative estimate of drug-likeness (QED) is 0.770. The molecule has 0 saturated heterocycles. The molecule has 0 aliphatic carbocycles. The number of aldehydes is 1. The van der Waals surface area contributed by atoms with Crippen molar-refractivity contribution >= 4 is 22.2 Å². The Kier molecular flexibility index (Phi) is 4.79. The Morgan fingerprint density at radius 2 is 2.05 bits per heavy atom. The van der Waals surface area contributed by atoms with Crippen molar-refractivity contribution in [3.63, 3.8) is 0 Å². The van der Waals surface area contributed by atoms with E-state index < -0.39 is 0 Å². The predicted molar refractivity (Wildman–Crippen MR) is 81.6 cm³/mol. The van der Waals surface area contributed by atoms with Crippen molar-refractivity contribution < 1.29 is 14.3 Å². The molecule has 0 N–H and O–H groups in total. The normalized spacial score (nSPS) is 10.2. The molecule has 3 nitrogen and oxygen atoms in total. The fraction of sp³-hybridized carbons (Fsp3) is 0.188. The number of methoxy groups -OCH3 is 1. The number of hydrogen-bond donors (Lipinski definition) is 0. The summed E-state index contributed by atoms with van der Waals surface area (Å²) in [6.07, 6.45) is 0.812.